The van der Waals surface area contributed by atoms with Gasteiger partial charge in [-0.05, 0) is 49.9 Å². The number of nitrogens with two attached hydrogens (primary N) is 1. The Balaban J connectivity index is 2.27. The monoisotopic (exact) mass is 238 g/mol. The molecule has 2 rings (SSSR count). The average Bonchev–Trinajstić information content (AvgIpc) is 2.69. The van der Waals surface area contributed by atoms with E-state index < -0.39 is 0 Å². The highest BCUT2D eigenvalue weighted by Crippen LogP contribution is 2.28. The molecule has 1 aliphatic heterocycles. The standard InChI is InChI=1S/C13H19ClN2/c1-10(15)8-11-9-12(14)4-5-13(11)16-6-2-3-7-16/h4-5,9-10H,2-3,6-8,15H2,1H3. The minimum absolute atomic E-state index is 0.180. The molecule has 1 fully saturated rings. The highest BCUT2D eigenvalue weighted by molar-refractivity contribution is 6.30. The Morgan fingerprint density at radius 2 is 2.06 bits per heavy atom. The van der Waals surface area contributed by atoms with E-state index in [-0.39, 0.29) is 6.04 Å². The van der Waals surface area contributed by atoms with E-state index in [2.05, 4.69) is 17.0 Å². The molecule has 1 atom stereocenters. The Kier molecular flexibility index (Phi) is 3.72. The maximum Gasteiger partial charge on any atom is 0.0410 e. The molecule has 1 saturated heterocycles. The molecule has 2 nitrogen and oxygen atoms in total. The van der Waals surface area contributed by atoms with Gasteiger partial charge in [0.2, 0.25) is 0 Å². The second-order valence-electron chi connectivity index (χ2n) is 4.65. The fourth-order valence-electron chi connectivity index (χ4n) is 2.33. The van der Waals surface area contributed by atoms with E-state index >= 15 is 0 Å². The van der Waals surface area contributed by atoms with Crippen LogP contribution in [0, 0.1) is 0 Å². The zero-order valence-corrected chi connectivity index (χ0v) is 10.5. The molecule has 0 amide bonds. The van der Waals surface area contributed by atoms with Crippen molar-refractivity contribution in [1.82, 2.24) is 0 Å². The van der Waals surface area contributed by atoms with Crippen molar-refractivity contribution in [3.63, 3.8) is 0 Å². The van der Waals surface area contributed by atoms with Crippen molar-refractivity contribution < 1.29 is 0 Å². The van der Waals surface area contributed by atoms with Crippen LogP contribution >= 0.6 is 11.6 Å². The summed E-state index contributed by atoms with van der Waals surface area (Å²) in [6, 6.07) is 6.34. The second kappa shape index (κ2) is 5.07. The molecule has 1 aromatic rings. The predicted octanol–water partition coefficient (Wildman–Crippen LogP) is 2.83. The first-order valence-electron chi connectivity index (χ1n) is 5.96. The molecule has 16 heavy (non-hydrogen) atoms. The van der Waals surface area contributed by atoms with E-state index in [0.717, 1.165) is 24.5 Å². The summed E-state index contributed by atoms with van der Waals surface area (Å²) < 4.78 is 0. The van der Waals surface area contributed by atoms with Crippen molar-refractivity contribution in [3.8, 4) is 0 Å². The SMILES string of the molecule is CC(N)Cc1cc(Cl)ccc1N1CCCC1. The van der Waals surface area contributed by atoms with E-state index in [1.165, 1.54) is 24.1 Å². The van der Waals surface area contributed by atoms with E-state index in [0.29, 0.717) is 0 Å². The number of rotatable bonds is 3. The molecular formula is C13H19ClN2. The van der Waals surface area contributed by atoms with Crippen molar-refractivity contribution in [3.05, 3.63) is 28.8 Å². The van der Waals surface area contributed by atoms with Crippen LogP contribution in [0.1, 0.15) is 25.3 Å². The van der Waals surface area contributed by atoms with E-state index in [1.54, 1.807) is 0 Å². The van der Waals surface area contributed by atoms with Crippen molar-refractivity contribution in [2.45, 2.75) is 32.2 Å². The predicted molar refractivity (Wildman–Crippen MR) is 70.3 cm³/mol. The first-order chi connectivity index (χ1) is 7.66. The first-order valence-corrected chi connectivity index (χ1v) is 6.33. The zero-order chi connectivity index (χ0) is 11.5. The summed E-state index contributed by atoms with van der Waals surface area (Å²) >= 11 is 6.05. The Hall–Kier alpha value is -0.730. The lowest BCUT2D eigenvalue weighted by Gasteiger charge is -2.22. The van der Waals surface area contributed by atoms with Crippen LogP contribution in [-0.4, -0.2) is 19.1 Å². The zero-order valence-electron chi connectivity index (χ0n) is 9.75. The molecule has 0 bridgehead atoms. The molecule has 0 radical (unpaired) electrons. The molecule has 0 spiro atoms. The minimum Gasteiger partial charge on any atom is -0.371 e. The quantitative estimate of drug-likeness (QED) is 0.878. The summed E-state index contributed by atoms with van der Waals surface area (Å²) in [6.45, 7) is 4.36. The van der Waals surface area contributed by atoms with Gasteiger partial charge in [-0.15, -0.1) is 0 Å². The Morgan fingerprint density at radius 1 is 1.38 bits per heavy atom. The maximum absolute atomic E-state index is 6.05. The van der Waals surface area contributed by atoms with Crippen LogP contribution in [0.5, 0.6) is 0 Å². The topological polar surface area (TPSA) is 29.3 Å². The number of anilines is 1. The van der Waals surface area contributed by atoms with Gasteiger partial charge in [0, 0.05) is 29.8 Å². The van der Waals surface area contributed by atoms with Crippen molar-refractivity contribution in [2.75, 3.05) is 18.0 Å². The number of halogens is 1. The van der Waals surface area contributed by atoms with Crippen LogP contribution in [0.2, 0.25) is 5.02 Å². The molecule has 0 aromatic heterocycles. The lowest BCUT2D eigenvalue weighted by Crippen LogP contribution is -2.23. The van der Waals surface area contributed by atoms with Crippen LogP contribution in [0.15, 0.2) is 18.2 Å². The smallest absolute Gasteiger partial charge is 0.0410 e. The fourth-order valence-corrected chi connectivity index (χ4v) is 2.53. The molecular weight excluding hydrogens is 220 g/mol. The van der Waals surface area contributed by atoms with Crippen LogP contribution in [0.3, 0.4) is 0 Å². The fraction of sp³-hybridized carbons (Fsp3) is 0.538. The van der Waals surface area contributed by atoms with E-state index in [4.69, 9.17) is 17.3 Å². The molecule has 0 aliphatic carbocycles. The summed E-state index contributed by atoms with van der Waals surface area (Å²) in [4.78, 5) is 2.44. The Morgan fingerprint density at radius 3 is 2.69 bits per heavy atom. The van der Waals surface area contributed by atoms with Crippen molar-refractivity contribution >= 4 is 17.3 Å². The molecule has 1 aromatic carbocycles. The van der Waals surface area contributed by atoms with Gasteiger partial charge in [0.25, 0.3) is 0 Å². The molecule has 1 unspecified atom stereocenters. The normalized spacial score (nSPS) is 17.8. The molecule has 2 N–H and O–H groups in total. The van der Waals surface area contributed by atoms with Crippen LogP contribution in [0.4, 0.5) is 5.69 Å². The summed E-state index contributed by atoms with van der Waals surface area (Å²) in [5.41, 5.74) is 8.48. The van der Waals surface area contributed by atoms with E-state index in [9.17, 15) is 0 Å². The van der Waals surface area contributed by atoms with Crippen LogP contribution < -0.4 is 10.6 Å². The summed E-state index contributed by atoms with van der Waals surface area (Å²) in [5, 5.41) is 0.804. The lowest BCUT2D eigenvalue weighted by atomic mass is 10.0. The number of benzene rings is 1. The first kappa shape index (κ1) is 11.7. The van der Waals surface area contributed by atoms with E-state index in [1.807, 2.05) is 13.0 Å². The average molecular weight is 239 g/mol. The molecule has 88 valence electrons. The molecule has 1 heterocycles. The van der Waals surface area contributed by atoms with Crippen LogP contribution in [-0.2, 0) is 6.42 Å². The van der Waals surface area contributed by atoms with Gasteiger partial charge in [-0.1, -0.05) is 11.6 Å². The molecule has 3 heteroatoms. The van der Waals surface area contributed by atoms with Gasteiger partial charge >= 0.3 is 0 Å². The maximum atomic E-state index is 6.05. The van der Waals surface area contributed by atoms with Crippen molar-refractivity contribution in [2.24, 2.45) is 5.73 Å². The van der Waals surface area contributed by atoms with Gasteiger partial charge in [0.1, 0.15) is 0 Å². The largest absolute Gasteiger partial charge is 0.371 e. The minimum atomic E-state index is 0.180. The Bertz CT molecular complexity index is 357. The van der Waals surface area contributed by atoms with Gasteiger partial charge in [-0.25, -0.2) is 0 Å². The second-order valence-corrected chi connectivity index (χ2v) is 5.09. The van der Waals surface area contributed by atoms with Crippen molar-refractivity contribution in [1.29, 1.82) is 0 Å². The summed E-state index contributed by atoms with van der Waals surface area (Å²) in [5.74, 6) is 0. The lowest BCUT2D eigenvalue weighted by molar-refractivity contribution is 0.735. The number of hydrogen-bond acceptors (Lipinski definition) is 2. The molecule has 0 saturated carbocycles. The van der Waals surface area contributed by atoms with Gasteiger partial charge in [0.15, 0.2) is 0 Å². The molecule has 1 aliphatic rings. The van der Waals surface area contributed by atoms with Gasteiger partial charge in [0.05, 0.1) is 0 Å². The Labute approximate surface area is 102 Å². The van der Waals surface area contributed by atoms with Gasteiger partial charge in [-0.2, -0.15) is 0 Å². The van der Waals surface area contributed by atoms with Gasteiger partial charge < -0.3 is 10.6 Å². The summed E-state index contributed by atoms with van der Waals surface area (Å²) in [6.07, 6.45) is 3.48. The summed E-state index contributed by atoms with van der Waals surface area (Å²) in [7, 11) is 0. The third kappa shape index (κ3) is 2.69. The number of nitrogens with zero attached hydrogens (tertiary/aromatic N) is 1. The highest BCUT2D eigenvalue weighted by Gasteiger charge is 2.16. The van der Waals surface area contributed by atoms with Gasteiger partial charge in [-0.3, -0.25) is 0 Å². The highest BCUT2D eigenvalue weighted by atomic mass is 35.5. The third-order valence-electron chi connectivity index (χ3n) is 3.03. The van der Waals surface area contributed by atoms with Crippen LogP contribution in [0.25, 0.3) is 0 Å². The number of hydrogen-bond donors (Lipinski definition) is 1. The third-order valence-corrected chi connectivity index (χ3v) is 3.27.